The van der Waals surface area contributed by atoms with Crippen LogP contribution in [0.1, 0.15) is 17.4 Å². The number of imidazole rings is 1. The van der Waals surface area contributed by atoms with Crippen LogP contribution in [0.3, 0.4) is 0 Å². The first kappa shape index (κ1) is 22.7. The van der Waals surface area contributed by atoms with Crippen LogP contribution in [0.2, 0.25) is 0 Å². The van der Waals surface area contributed by atoms with Crippen LogP contribution in [-0.4, -0.2) is 43.7 Å². The molecule has 0 spiro atoms. The van der Waals surface area contributed by atoms with Crippen LogP contribution in [0, 0.1) is 23.8 Å². The number of nitrogens with one attached hydrogen (secondary N) is 2. The summed E-state index contributed by atoms with van der Waals surface area (Å²) in [6.45, 7) is 0.249. The molecule has 3 aromatic carbocycles. The van der Waals surface area contributed by atoms with E-state index in [2.05, 4.69) is 27.2 Å². The number of rotatable bonds is 6. The van der Waals surface area contributed by atoms with E-state index in [1.165, 1.54) is 24.3 Å². The van der Waals surface area contributed by atoms with Gasteiger partial charge in [-0.15, -0.1) is 0 Å². The second kappa shape index (κ2) is 9.04. The molecule has 0 saturated carbocycles. The zero-order chi connectivity index (χ0) is 25.5. The van der Waals surface area contributed by atoms with E-state index < -0.39 is 12.0 Å². The van der Waals surface area contributed by atoms with E-state index in [9.17, 15) is 18.4 Å². The van der Waals surface area contributed by atoms with Gasteiger partial charge in [0.25, 0.3) is 5.91 Å². The Balaban J connectivity index is 1.34. The second-order valence-electron chi connectivity index (χ2n) is 8.66. The Kier molecular flexibility index (Phi) is 5.54. The molecule has 0 bridgehead atoms. The molecule has 37 heavy (non-hydrogen) atoms. The topological polar surface area (TPSA) is 96.0 Å². The number of H-pyrrole nitrogens is 2. The van der Waals surface area contributed by atoms with E-state index in [0.717, 1.165) is 5.56 Å². The molecule has 1 amide bonds. The monoisotopic (exact) mass is 499 g/mol. The van der Waals surface area contributed by atoms with Crippen molar-refractivity contribution in [2.75, 3.05) is 13.2 Å². The van der Waals surface area contributed by atoms with Crippen molar-refractivity contribution >= 4 is 16.9 Å². The van der Waals surface area contributed by atoms with Gasteiger partial charge < -0.3 is 19.6 Å². The third kappa shape index (κ3) is 4.37. The summed E-state index contributed by atoms with van der Waals surface area (Å²) in [4.78, 5) is 31.4. The van der Waals surface area contributed by atoms with Gasteiger partial charge in [0.05, 0.1) is 22.3 Å². The van der Waals surface area contributed by atoms with E-state index in [1.807, 2.05) is 18.2 Å². The Labute approximate surface area is 209 Å². The zero-order valence-electron chi connectivity index (χ0n) is 19.3. The Hall–Kier alpha value is -4.75. The number of benzene rings is 2. The smallest absolute Gasteiger partial charge is 0.323 e. The van der Waals surface area contributed by atoms with Gasteiger partial charge in [0, 0.05) is 18.3 Å². The minimum absolute atomic E-state index is 0.102. The fourth-order valence-electron chi connectivity index (χ4n) is 4.45. The van der Waals surface area contributed by atoms with Crippen molar-refractivity contribution in [1.82, 2.24) is 24.6 Å². The zero-order valence-corrected chi connectivity index (χ0v) is 19.3. The highest BCUT2D eigenvalue weighted by Gasteiger charge is 2.36. The summed E-state index contributed by atoms with van der Waals surface area (Å²) in [5, 5.41) is 4.63. The van der Waals surface area contributed by atoms with Crippen LogP contribution in [0.4, 0.5) is 8.78 Å². The SMILES string of the molecule is O=C1CO[C@H](c2cn(-c3ccc(F)cc3)nc2-c2c#cc(F)cc2)N1CCc1ccc2[nH]c(=O)[nH]c2c1. The maximum atomic E-state index is 13.5. The lowest BCUT2D eigenvalue weighted by atomic mass is 10.1. The summed E-state index contributed by atoms with van der Waals surface area (Å²) in [6.07, 6.45) is 1.49. The van der Waals surface area contributed by atoms with Gasteiger partial charge in [-0.1, -0.05) is 12.1 Å². The molecule has 6 rings (SSSR count). The van der Waals surface area contributed by atoms with Crippen LogP contribution in [-0.2, 0) is 16.0 Å². The van der Waals surface area contributed by atoms with E-state index in [1.54, 1.807) is 27.9 Å². The lowest BCUT2D eigenvalue weighted by molar-refractivity contribution is -0.128. The highest BCUT2D eigenvalue weighted by atomic mass is 19.1. The number of hydrogen-bond donors (Lipinski definition) is 2. The highest BCUT2D eigenvalue weighted by Crippen LogP contribution is 2.35. The molecule has 184 valence electrons. The number of nitrogens with zero attached hydrogens (tertiary/aromatic N) is 3. The molecule has 2 aromatic heterocycles. The largest absolute Gasteiger partial charge is 0.344 e. The van der Waals surface area contributed by atoms with Crippen LogP contribution >= 0.6 is 0 Å². The molecule has 1 saturated heterocycles. The van der Waals surface area contributed by atoms with Crippen LogP contribution in [0.25, 0.3) is 28.0 Å². The summed E-state index contributed by atoms with van der Waals surface area (Å²) in [5.74, 6) is -1.12. The number of halogens is 2. The lowest BCUT2D eigenvalue weighted by Crippen LogP contribution is -2.30. The number of carbonyl (C=O) groups is 1. The first-order valence-electron chi connectivity index (χ1n) is 11.5. The van der Waals surface area contributed by atoms with Crippen LogP contribution in [0.5, 0.6) is 0 Å². The maximum absolute atomic E-state index is 13.5. The summed E-state index contributed by atoms with van der Waals surface area (Å²) >= 11 is 0. The number of fused-ring (bicyclic) bond motifs is 1. The molecule has 1 atom stereocenters. The third-order valence-electron chi connectivity index (χ3n) is 6.26. The molecule has 1 aliphatic heterocycles. The van der Waals surface area contributed by atoms with Crippen molar-refractivity contribution in [2.45, 2.75) is 12.6 Å². The van der Waals surface area contributed by atoms with Crippen molar-refractivity contribution in [3.63, 3.8) is 0 Å². The normalized spacial score (nSPS) is 15.5. The first-order valence-corrected chi connectivity index (χ1v) is 11.5. The maximum Gasteiger partial charge on any atom is 0.323 e. The number of amides is 1. The van der Waals surface area contributed by atoms with E-state index >= 15 is 0 Å². The predicted octanol–water partition coefficient (Wildman–Crippen LogP) is 3.69. The van der Waals surface area contributed by atoms with Gasteiger partial charge in [0.2, 0.25) is 0 Å². The molecule has 2 N–H and O–H groups in total. The molecule has 10 heteroatoms. The van der Waals surface area contributed by atoms with Gasteiger partial charge in [-0.05, 0) is 66.6 Å². The third-order valence-corrected chi connectivity index (χ3v) is 6.26. The Morgan fingerprint density at radius 3 is 2.59 bits per heavy atom. The van der Waals surface area contributed by atoms with Gasteiger partial charge in [0.15, 0.2) is 12.0 Å². The summed E-state index contributed by atoms with van der Waals surface area (Å²) in [5.41, 5.74) is 4.15. The van der Waals surface area contributed by atoms with Crippen LogP contribution < -0.4 is 5.69 Å². The van der Waals surface area contributed by atoms with E-state index in [0.29, 0.717) is 46.5 Å². The molecule has 1 fully saturated rings. The quantitative estimate of drug-likeness (QED) is 0.373. The number of aromatic nitrogens is 4. The Morgan fingerprint density at radius 2 is 1.81 bits per heavy atom. The fourth-order valence-corrected chi connectivity index (χ4v) is 4.45. The van der Waals surface area contributed by atoms with Crippen molar-refractivity contribution < 1.29 is 18.3 Å². The fraction of sp³-hybridized carbons (Fsp3) is 0.148. The number of ether oxygens (including phenoxy) is 1. The van der Waals surface area contributed by atoms with E-state index in [-0.39, 0.29) is 24.0 Å². The molecule has 8 nitrogen and oxygen atoms in total. The van der Waals surface area contributed by atoms with Crippen molar-refractivity contribution in [3.05, 3.63) is 106 Å². The van der Waals surface area contributed by atoms with Gasteiger partial charge in [0.1, 0.15) is 18.1 Å². The average molecular weight is 499 g/mol. The molecular formula is C27H19F2N5O3. The molecule has 1 aliphatic rings. The summed E-state index contributed by atoms with van der Waals surface area (Å²) in [6, 6.07) is 19.3. The number of aromatic amines is 2. The molecule has 5 aromatic rings. The minimum Gasteiger partial charge on any atom is -0.344 e. The van der Waals surface area contributed by atoms with Gasteiger partial charge >= 0.3 is 5.69 Å². The Morgan fingerprint density at radius 1 is 1.00 bits per heavy atom. The summed E-state index contributed by atoms with van der Waals surface area (Å²) < 4.78 is 34.5. The first-order chi connectivity index (χ1) is 17.9. The van der Waals surface area contributed by atoms with Crippen LogP contribution in [0.15, 0.2) is 65.6 Å². The van der Waals surface area contributed by atoms with E-state index in [4.69, 9.17) is 4.74 Å². The Bertz CT molecular complexity index is 1650. The predicted molar refractivity (Wildman–Crippen MR) is 130 cm³/mol. The standard InChI is InChI=1S/C27H19F2N5O3/c28-18-4-2-17(3-5-18)25-21(14-34(32-25)20-8-6-19(29)7-9-20)26-33(24(35)15-37-26)12-11-16-1-10-22-23(13-16)31-27(36)30-22/h1-2,4,6-10,13-14,26H,11-12,15H2,(H2,30,31,36)/t26-/m1/s1. The van der Waals surface area contributed by atoms with Crippen molar-refractivity contribution in [1.29, 1.82) is 0 Å². The number of hydrogen-bond acceptors (Lipinski definition) is 4. The highest BCUT2D eigenvalue weighted by molar-refractivity contribution is 5.80. The molecule has 0 aliphatic carbocycles. The van der Waals surface area contributed by atoms with Crippen molar-refractivity contribution in [2.24, 2.45) is 0 Å². The average Bonchev–Trinajstić information content (AvgIpc) is 3.59. The molecular weight excluding hydrogens is 480 g/mol. The minimum atomic E-state index is -0.744. The number of carbonyl (C=O) groups excluding carboxylic acids is 1. The molecule has 0 radical (unpaired) electrons. The molecule has 3 heterocycles. The molecule has 0 unspecified atom stereocenters. The summed E-state index contributed by atoms with van der Waals surface area (Å²) in [7, 11) is 0. The second-order valence-corrected chi connectivity index (χ2v) is 8.66. The van der Waals surface area contributed by atoms with Gasteiger partial charge in [-0.3, -0.25) is 4.79 Å². The van der Waals surface area contributed by atoms with Gasteiger partial charge in [-0.2, -0.15) is 9.49 Å². The lowest BCUT2D eigenvalue weighted by Gasteiger charge is -2.23. The van der Waals surface area contributed by atoms with Crippen molar-refractivity contribution in [3.8, 4) is 16.9 Å². The van der Waals surface area contributed by atoms with Gasteiger partial charge in [-0.25, -0.2) is 13.9 Å².